The molecule has 1 fully saturated rings. The largest absolute Gasteiger partial charge is 0.495 e. The number of carbonyl (C=O) groups is 1. The standard InChI is InChI=1S/C22H27BO4/c1-15-12-13-18(23-26-21(3,4)22(5,6)27-23)16(2)19(15)20(24)25-14-17-10-8-7-9-11-17/h7-13H,14H2,1-6H3. The number of hydrogen-bond donors (Lipinski definition) is 0. The van der Waals surface area contributed by atoms with Gasteiger partial charge >= 0.3 is 13.1 Å². The Hall–Kier alpha value is -2.11. The summed E-state index contributed by atoms with van der Waals surface area (Å²) in [5.74, 6) is -0.327. The predicted octanol–water partition coefficient (Wildman–Crippen LogP) is 3.96. The summed E-state index contributed by atoms with van der Waals surface area (Å²) in [4.78, 5) is 12.8. The Morgan fingerprint density at radius 2 is 1.56 bits per heavy atom. The van der Waals surface area contributed by atoms with Crippen LogP contribution >= 0.6 is 0 Å². The molecule has 0 spiro atoms. The molecule has 142 valence electrons. The van der Waals surface area contributed by atoms with Gasteiger partial charge in [0, 0.05) is 0 Å². The third kappa shape index (κ3) is 3.80. The molecule has 0 radical (unpaired) electrons. The van der Waals surface area contributed by atoms with Crippen LogP contribution in [-0.4, -0.2) is 24.3 Å². The maximum Gasteiger partial charge on any atom is 0.495 e. The van der Waals surface area contributed by atoms with E-state index in [-0.39, 0.29) is 12.6 Å². The summed E-state index contributed by atoms with van der Waals surface area (Å²) >= 11 is 0. The zero-order chi connectivity index (χ0) is 19.8. The first-order chi connectivity index (χ1) is 12.6. The molecule has 0 saturated carbocycles. The number of esters is 1. The number of carbonyl (C=O) groups excluding carboxylic acids is 1. The van der Waals surface area contributed by atoms with Crippen LogP contribution in [0, 0.1) is 13.8 Å². The molecule has 2 aromatic rings. The number of hydrogen-bond acceptors (Lipinski definition) is 4. The minimum Gasteiger partial charge on any atom is -0.457 e. The second-order valence-corrected chi connectivity index (χ2v) is 8.12. The molecule has 1 saturated heterocycles. The maximum absolute atomic E-state index is 12.8. The SMILES string of the molecule is Cc1ccc(B2OC(C)(C)C(C)(C)O2)c(C)c1C(=O)OCc1ccccc1. The van der Waals surface area contributed by atoms with Crippen LogP contribution in [0.25, 0.3) is 0 Å². The molecule has 2 aromatic carbocycles. The van der Waals surface area contributed by atoms with E-state index in [1.54, 1.807) is 0 Å². The first-order valence-electron chi connectivity index (χ1n) is 9.29. The minimum atomic E-state index is -0.503. The third-order valence-electron chi connectivity index (χ3n) is 5.64. The third-order valence-corrected chi connectivity index (χ3v) is 5.64. The lowest BCUT2D eigenvalue weighted by Crippen LogP contribution is -2.41. The molecule has 27 heavy (non-hydrogen) atoms. The van der Waals surface area contributed by atoms with Crippen LogP contribution in [0.4, 0.5) is 0 Å². The quantitative estimate of drug-likeness (QED) is 0.607. The van der Waals surface area contributed by atoms with Gasteiger partial charge in [0.05, 0.1) is 16.8 Å². The van der Waals surface area contributed by atoms with E-state index in [1.807, 2.05) is 84.0 Å². The lowest BCUT2D eigenvalue weighted by molar-refractivity contribution is 0.00578. The summed E-state index contributed by atoms with van der Waals surface area (Å²) in [5.41, 5.74) is 3.27. The smallest absolute Gasteiger partial charge is 0.457 e. The Morgan fingerprint density at radius 3 is 2.15 bits per heavy atom. The molecule has 1 aliphatic rings. The molecular formula is C22H27BO4. The summed E-state index contributed by atoms with van der Waals surface area (Å²) in [5, 5.41) is 0. The lowest BCUT2D eigenvalue weighted by Gasteiger charge is -2.32. The second-order valence-electron chi connectivity index (χ2n) is 8.12. The molecule has 0 aromatic heterocycles. The molecule has 0 N–H and O–H groups in total. The van der Waals surface area contributed by atoms with E-state index in [0.29, 0.717) is 5.56 Å². The van der Waals surface area contributed by atoms with Crippen LogP contribution in [0.2, 0.25) is 0 Å². The van der Waals surface area contributed by atoms with Crippen molar-refractivity contribution in [1.82, 2.24) is 0 Å². The molecule has 0 bridgehead atoms. The van der Waals surface area contributed by atoms with Crippen molar-refractivity contribution in [2.24, 2.45) is 0 Å². The Kier molecular flexibility index (Phi) is 5.19. The predicted molar refractivity (Wildman–Crippen MR) is 107 cm³/mol. The molecule has 0 atom stereocenters. The summed E-state index contributed by atoms with van der Waals surface area (Å²) in [6.07, 6.45) is 0. The van der Waals surface area contributed by atoms with Gasteiger partial charge in [-0.25, -0.2) is 4.79 Å². The second kappa shape index (κ2) is 7.14. The van der Waals surface area contributed by atoms with E-state index in [4.69, 9.17) is 14.0 Å². The van der Waals surface area contributed by atoms with Gasteiger partial charge in [-0.05, 0) is 63.7 Å². The van der Waals surface area contributed by atoms with Crippen LogP contribution in [0.1, 0.15) is 54.7 Å². The van der Waals surface area contributed by atoms with E-state index in [9.17, 15) is 4.79 Å². The molecule has 0 aliphatic carbocycles. The zero-order valence-corrected chi connectivity index (χ0v) is 17.0. The van der Waals surface area contributed by atoms with Crippen LogP contribution in [-0.2, 0) is 20.7 Å². The lowest BCUT2D eigenvalue weighted by atomic mass is 9.74. The van der Waals surface area contributed by atoms with Crippen molar-refractivity contribution in [3.63, 3.8) is 0 Å². The van der Waals surface area contributed by atoms with E-state index in [2.05, 4.69) is 0 Å². The highest BCUT2D eigenvalue weighted by Gasteiger charge is 2.52. The van der Waals surface area contributed by atoms with Gasteiger partial charge < -0.3 is 14.0 Å². The maximum atomic E-state index is 12.8. The summed E-state index contributed by atoms with van der Waals surface area (Å²) in [6, 6.07) is 13.6. The van der Waals surface area contributed by atoms with E-state index >= 15 is 0 Å². The molecule has 0 unspecified atom stereocenters. The van der Waals surface area contributed by atoms with Crippen molar-refractivity contribution in [1.29, 1.82) is 0 Å². The molecule has 4 nitrogen and oxygen atoms in total. The van der Waals surface area contributed by atoms with Gasteiger partial charge in [0.2, 0.25) is 0 Å². The van der Waals surface area contributed by atoms with Crippen LogP contribution in [0.15, 0.2) is 42.5 Å². The molecule has 1 aliphatic heterocycles. The number of aryl methyl sites for hydroxylation is 1. The molecule has 0 amide bonds. The van der Waals surface area contributed by atoms with Crippen molar-refractivity contribution in [3.8, 4) is 0 Å². The average Bonchev–Trinajstić information content (AvgIpc) is 2.81. The summed E-state index contributed by atoms with van der Waals surface area (Å²) < 4.78 is 17.9. The average molecular weight is 366 g/mol. The van der Waals surface area contributed by atoms with Crippen LogP contribution in [0.3, 0.4) is 0 Å². The van der Waals surface area contributed by atoms with Crippen molar-refractivity contribution >= 4 is 18.6 Å². The van der Waals surface area contributed by atoms with Gasteiger partial charge in [0.15, 0.2) is 0 Å². The molecule has 3 rings (SSSR count). The molecule has 5 heteroatoms. The number of rotatable bonds is 4. The van der Waals surface area contributed by atoms with Gasteiger partial charge in [-0.3, -0.25) is 0 Å². The van der Waals surface area contributed by atoms with Gasteiger partial charge in [-0.2, -0.15) is 0 Å². The van der Waals surface area contributed by atoms with Gasteiger partial charge in [-0.15, -0.1) is 0 Å². The first kappa shape index (κ1) is 19.7. The van der Waals surface area contributed by atoms with E-state index in [0.717, 1.165) is 22.2 Å². The van der Waals surface area contributed by atoms with Gasteiger partial charge in [0.25, 0.3) is 0 Å². The van der Waals surface area contributed by atoms with Crippen molar-refractivity contribution in [2.45, 2.75) is 59.4 Å². The van der Waals surface area contributed by atoms with Crippen molar-refractivity contribution in [3.05, 3.63) is 64.7 Å². The Labute approximate surface area is 162 Å². The van der Waals surface area contributed by atoms with Gasteiger partial charge in [-0.1, -0.05) is 42.5 Å². The van der Waals surface area contributed by atoms with Crippen LogP contribution in [0.5, 0.6) is 0 Å². The van der Waals surface area contributed by atoms with E-state index < -0.39 is 18.3 Å². The highest BCUT2D eigenvalue weighted by atomic mass is 16.7. The van der Waals surface area contributed by atoms with Gasteiger partial charge in [0.1, 0.15) is 6.61 Å². The number of benzene rings is 2. The molecular weight excluding hydrogens is 339 g/mol. The fraction of sp³-hybridized carbons (Fsp3) is 0.409. The molecule has 1 heterocycles. The monoisotopic (exact) mass is 366 g/mol. The zero-order valence-electron chi connectivity index (χ0n) is 17.0. The highest BCUT2D eigenvalue weighted by molar-refractivity contribution is 6.62. The Balaban J connectivity index is 1.85. The van der Waals surface area contributed by atoms with Crippen molar-refractivity contribution < 1.29 is 18.8 Å². The fourth-order valence-electron chi connectivity index (χ4n) is 3.20. The topological polar surface area (TPSA) is 44.8 Å². The van der Waals surface area contributed by atoms with Crippen LogP contribution < -0.4 is 5.46 Å². The normalized spacial score (nSPS) is 17.8. The fourth-order valence-corrected chi connectivity index (χ4v) is 3.20. The number of ether oxygens (including phenoxy) is 1. The minimum absolute atomic E-state index is 0.249. The Morgan fingerprint density at radius 1 is 0.963 bits per heavy atom. The summed E-state index contributed by atoms with van der Waals surface area (Å²) in [6.45, 7) is 12.2. The highest BCUT2D eigenvalue weighted by Crippen LogP contribution is 2.37. The first-order valence-corrected chi connectivity index (χ1v) is 9.29. The van der Waals surface area contributed by atoms with E-state index in [1.165, 1.54) is 0 Å². The Bertz CT molecular complexity index is 827. The summed E-state index contributed by atoms with van der Waals surface area (Å²) in [7, 11) is -0.503. The van der Waals surface area contributed by atoms with Crippen molar-refractivity contribution in [2.75, 3.05) is 0 Å².